The summed E-state index contributed by atoms with van der Waals surface area (Å²) in [7, 11) is 4.66. The van der Waals surface area contributed by atoms with E-state index in [1.165, 1.54) is 7.11 Å². The van der Waals surface area contributed by atoms with Gasteiger partial charge in [-0.25, -0.2) is 4.79 Å². The van der Waals surface area contributed by atoms with E-state index in [0.29, 0.717) is 50.7 Å². The third kappa shape index (κ3) is 5.13. The highest BCUT2D eigenvalue weighted by atomic mass is 16.5. The molecule has 0 aliphatic rings. The van der Waals surface area contributed by atoms with E-state index in [4.69, 9.17) is 23.4 Å². The number of amides is 1. The minimum atomic E-state index is -0.690. The molecule has 1 amide bonds. The Hall–Kier alpha value is -4.72. The molecule has 0 bridgehead atoms. The van der Waals surface area contributed by atoms with Crippen molar-refractivity contribution >= 4 is 22.6 Å². The number of benzene rings is 3. The van der Waals surface area contributed by atoms with Gasteiger partial charge < -0.3 is 28.7 Å². The molecule has 1 aromatic heterocycles. The van der Waals surface area contributed by atoms with Crippen molar-refractivity contribution in [2.24, 2.45) is 0 Å². The first kappa shape index (κ1) is 25.4. The van der Waals surface area contributed by atoms with Crippen LogP contribution >= 0.6 is 0 Å². The number of methoxy groups -OCH3 is 3. The molecule has 8 nitrogen and oxygen atoms in total. The largest absolute Gasteiger partial charge is 0.497 e. The molecule has 4 aromatic rings. The monoisotopic (exact) mass is 501 g/mol. The smallest absolute Gasteiger partial charge is 0.360 e. The van der Waals surface area contributed by atoms with Crippen molar-refractivity contribution < 1.29 is 28.2 Å². The zero-order valence-electron chi connectivity index (χ0n) is 21.0. The van der Waals surface area contributed by atoms with Crippen LogP contribution in [0.3, 0.4) is 0 Å². The van der Waals surface area contributed by atoms with Crippen LogP contribution in [0, 0.1) is 6.92 Å². The fourth-order valence-corrected chi connectivity index (χ4v) is 4.00. The van der Waals surface area contributed by atoms with E-state index in [-0.39, 0.29) is 12.3 Å². The molecule has 1 heterocycles. The average Bonchev–Trinajstić information content (AvgIpc) is 2.92. The minimum Gasteiger partial charge on any atom is -0.497 e. The fraction of sp³-hybridized carbons (Fsp3) is 0.172. The van der Waals surface area contributed by atoms with E-state index in [1.54, 1.807) is 57.6 Å². The van der Waals surface area contributed by atoms with E-state index in [0.717, 1.165) is 5.56 Å². The highest BCUT2D eigenvalue weighted by Gasteiger charge is 2.19. The Balaban J connectivity index is 1.70. The van der Waals surface area contributed by atoms with Crippen molar-refractivity contribution in [2.45, 2.75) is 6.92 Å². The lowest BCUT2D eigenvalue weighted by Gasteiger charge is -2.15. The van der Waals surface area contributed by atoms with Gasteiger partial charge in [0.05, 0.1) is 21.3 Å². The first-order valence-corrected chi connectivity index (χ1v) is 11.4. The molecule has 190 valence electrons. The number of nitrogens with one attached hydrogen (secondary N) is 1. The van der Waals surface area contributed by atoms with Crippen molar-refractivity contribution in [2.75, 3.05) is 33.3 Å². The van der Waals surface area contributed by atoms with Crippen molar-refractivity contribution in [1.29, 1.82) is 0 Å². The predicted octanol–water partition coefficient (Wildman–Crippen LogP) is 5.61. The van der Waals surface area contributed by atoms with Gasteiger partial charge in [-0.15, -0.1) is 0 Å². The van der Waals surface area contributed by atoms with Gasteiger partial charge in [-0.1, -0.05) is 24.8 Å². The maximum absolute atomic E-state index is 13.2. The van der Waals surface area contributed by atoms with Crippen LogP contribution in [0.15, 0.2) is 76.5 Å². The number of fused-ring (bicyclic) bond motifs is 1. The first-order chi connectivity index (χ1) is 17.9. The molecule has 0 saturated carbocycles. The first-order valence-electron chi connectivity index (χ1n) is 11.4. The van der Waals surface area contributed by atoms with E-state index in [9.17, 15) is 9.59 Å². The van der Waals surface area contributed by atoms with Gasteiger partial charge in [-0.3, -0.25) is 4.79 Å². The van der Waals surface area contributed by atoms with Crippen molar-refractivity contribution in [3.63, 3.8) is 0 Å². The zero-order chi connectivity index (χ0) is 26.5. The second kappa shape index (κ2) is 10.9. The van der Waals surface area contributed by atoms with Crippen molar-refractivity contribution in [3.05, 3.63) is 88.8 Å². The summed E-state index contributed by atoms with van der Waals surface area (Å²) in [6, 6.07) is 15.7. The number of rotatable bonds is 9. The van der Waals surface area contributed by atoms with Crippen LogP contribution < -0.4 is 29.9 Å². The number of hydrogen-bond donors (Lipinski definition) is 1. The third-order valence-electron chi connectivity index (χ3n) is 5.82. The summed E-state index contributed by atoms with van der Waals surface area (Å²) in [5.74, 6) is 1.71. The molecule has 37 heavy (non-hydrogen) atoms. The summed E-state index contributed by atoms with van der Waals surface area (Å²) in [5, 5.41) is 3.24. The van der Waals surface area contributed by atoms with Crippen LogP contribution in [0.4, 0.5) is 5.69 Å². The molecule has 4 rings (SSSR count). The predicted molar refractivity (Wildman–Crippen MR) is 142 cm³/mol. The van der Waals surface area contributed by atoms with E-state index in [2.05, 4.69) is 11.9 Å². The van der Waals surface area contributed by atoms with Crippen molar-refractivity contribution in [3.8, 4) is 34.1 Å². The molecule has 0 saturated heterocycles. The van der Waals surface area contributed by atoms with Gasteiger partial charge in [-0.2, -0.15) is 0 Å². The van der Waals surface area contributed by atoms with Crippen LogP contribution in [-0.2, 0) is 0 Å². The minimum absolute atomic E-state index is 0.00235. The maximum atomic E-state index is 13.2. The molecular formula is C29H27NO7. The standard InChI is InChI=1S/C29H27NO7/c1-6-12-36-27-17(2)26-20(16-25(27)35-5)15-23(29(32)37-26)30-28(31)19-10-11-24(34-4)22(14-19)18-8-7-9-21(13-18)33-3/h6-11,13-16H,1,12H2,2-5H3,(H,30,31). The maximum Gasteiger partial charge on any atom is 0.360 e. The molecule has 0 aliphatic carbocycles. The number of carbonyl (C=O) groups is 1. The zero-order valence-corrected chi connectivity index (χ0v) is 21.0. The van der Waals surface area contributed by atoms with Crippen LogP contribution in [0.1, 0.15) is 15.9 Å². The molecule has 0 radical (unpaired) electrons. The summed E-state index contributed by atoms with van der Waals surface area (Å²) in [6.45, 7) is 5.68. The van der Waals surface area contributed by atoms with Gasteiger partial charge in [0.1, 0.15) is 29.4 Å². The normalized spacial score (nSPS) is 10.6. The lowest BCUT2D eigenvalue weighted by atomic mass is 10.0. The molecule has 0 spiro atoms. The van der Waals surface area contributed by atoms with Gasteiger partial charge >= 0.3 is 5.63 Å². The fourth-order valence-electron chi connectivity index (χ4n) is 4.00. The van der Waals surface area contributed by atoms with Gasteiger partial charge in [-0.05, 0) is 55.0 Å². The average molecular weight is 502 g/mol. The van der Waals surface area contributed by atoms with Crippen LogP contribution in [0.25, 0.3) is 22.1 Å². The molecule has 3 aromatic carbocycles. The number of aryl methyl sites for hydroxylation is 1. The lowest BCUT2D eigenvalue weighted by molar-refractivity contribution is 0.102. The number of hydrogen-bond acceptors (Lipinski definition) is 7. The quantitative estimate of drug-likeness (QED) is 0.235. The molecule has 8 heteroatoms. The summed E-state index contributed by atoms with van der Waals surface area (Å²) < 4.78 is 27.5. The summed E-state index contributed by atoms with van der Waals surface area (Å²) in [5.41, 5.74) is 2.10. The number of ether oxygens (including phenoxy) is 4. The number of carbonyl (C=O) groups excluding carboxylic acids is 1. The second-order valence-corrected chi connectivity index (χ2v) is 8.10. The Bertz CT molecular complexity index is 1540. The Morgan fingerprint density at radius 2 is 1.78 bits per heavy atom. The molecule has 0 atom stereocenters. The van der Waals surface area contributed by atoms with Gasteiger partial charge in [0, 0.05) is 22.1 Å². The van der Waals surface area contributed by atoms with E-state index < -0.39 is 11.5 Å². The summed E-state index contributed by atoms with van der Waals surface area (Å²) in [4.78, 5) is 25.9. The Morgan fingerprint density at radius 1 is 1.00 bits per heavy atom. The van der Waals surface area contributed by atoms with Crippen LogP contribution in [0.2, 0.25) is 0 Å². The number of anilines is 1. The third-order valence-corrected chi connectivity index (χ3v) is 5.82. The Morgan fingerprint density at radius 3 is 2.49 bits per heavy atom. The molecule has 0 unspecified atom stereocenters. The summed E-state index contributed by atoms with van der Waals surface area (Å²) in [6.07, 6.45) is 1.61. The highest BCUT2D eigenvalue weighted by Crippen LogP contribution is 2.37. The van der Waals surface area contributed by atoms with Gasteiger partial charge in [0.2, 0.25) is 0 Å². The summed E-state index contributed by atoms with van der Waals surface area (Å²) >= 11 is 0. The van der Waals surface area contributed by atoms with Crippen LogP contribution in [0.5, 0.6) is 23.0 Å². The van der Waals surface area contributed by atoms with Crippen molar-refractivity contribution in [1.82, 2.24) is 0 Å². The van der Waals surface area contributed by atoms with E-state index >= 15 is 0 Å². The van der Waals surface area contributed by atoms with Gasteiger partial charge in [0.15, 0.2) is 11.5 Å². The molecule has 0 fully saturated rings. The molecule has 0 aliphatic heterocycles. The second-order valence-electron chi connectivity index (χ2n) is 8.10. The highest BCUT2D eigenvalue weighted by molar-refractivity contribution is 6.06. The Kier molecular flexibility index (Phi) is 7.48. The molecular weight excluding hydrogens is 474 g/mol. The van der Waals surface area contributed by atoms with E-state index in [1.807, 2.05) is 24.3 Å². The topological polar surface area (TPSA) is 96.2 Å². The van der Waals surface area contributed by atoms with Gasteiger partial charge in [0.25, 0.3) is 5.91 Å². The SMILES string of the molecule is C=CCOc1c(OC)cc2cc(NC(=O)c3ccc(OC)c(-c4cccc(OC)c4)c3)c(=O)oc2c1C. The Labute approximate surface area is 214 Å². The van der Waals surface area contributed by atoms with Crippen LogP contribution in [-0.4, -0.2) is 33.8 Å². The molecule has 1 N–H and O–H groups in total. The lowest BCUT2D eigenvalue weighted by Crippen LogP contribution is -2.18.